The molecule has 1 fully saturated rings. The number of methoxy groups -OCH3 is 1. The van der Waals surface area contributed by atoms with Gasteiger partial charge in [0.05, 0.1) is 20.3 Å². The number of benzene rings is 2. The Hall–Kier alpha value is -2.93. The monoisotopic (exact) mass is 411 g/mol. The number of hydrogen-bond donors (Lipinski definition) is 2. The van der Waals surface area contributed by atoms with Crippen molar-refractivity contribution < 1.29 is 9.47 Å². The number of unbranched alkanes of at least 4 members (excludes halogenated alkanes) is 1. The lowest BCUT2D eigenvalue weighted by Crippen LogP contribution is -2.46. The Bertz CT molecular complexity index is 815. The van der Waals surface area contributed by atoms with Gasteiger partial charge in [0.25, 0.3) is 0 Å². The van der Waals surface area contributed by atoms with Gasteiger partial charge in [-0.15, -0.1) is 0 Å². The predicted molar refractivity (Wildman–Crippen MR) is 122 cm³/mol. The van der Waals surface area contributed by atoms with Gasteiger partial charge in [-0.25, -0.2) is 4.99 Å². The first-order valence-corrected chi connectivity index (χ1v) is 10.5. The van der Waals surface area contributed by atoms with Crippen molar-refractivity contribution in [3.8, 4) is 11.5 Å². The van der Waals surface area contributed by atoms with Gasteiger partial charge in [-0.1, -0.05) is 18.2 Å². The third kappa shape index (κ3) is 6.84. The summed E-state index contributed by atoms with van der Waals surface area (Å²) in [6, 6.07) is 16.2. The molecule has 0 radical (unpaired) electrons. The minimum Gasteiger partial charge on any atom is -0.497 e. The summed E-state index contributed by atoms with van der Waals surface area (Å²) >= 11 is 0. The summed E-state index contributed by atoms with van der Waals surface area (Å²) in [4.78, 5) is 8.99. The summed E-state index contributed by atoms with van der Waals surface area (Å²) in [5.41, 5.74) is 13.1. The van der Waals surface area contributed by atoms with E-state index >= 15 is 0 Å². The maximum atomic E-state index is 5.89. The van der Waals surface area contributed by atoms with Crippen LogP contribution in [0.25, 0.3) is 0 Å². The number of nitrogens with two attached hydrogens (primary N) is 2. The Morgan fingerprint density at radius 2 is 1.73 bits per heavy atom. The van der Waals surface area contributed by atoms with Crippen molar-refractivity contribution >= 4 is 11.6 Å². The zero-order chi connectivity index (χ0) is 21.2. The molecule has 0 saturated carbocycles. The fourth-order valence-corrected chi connectivity index (χ4v) is 3.58. The van der Waals surface area contributed by atoms with Crippen LogP contribution in [0, 0.1) is 0 Å². The molecule has 0 amide bonds. The molecule has 7 nitrogen and oxygen atoms in total. The van der Waals surface area contributed by atoms with Crippen LogP contribution >= 0.6 is 0 Å². The fraction of sp³-hybridized carbons (Fsp3) is 0.435. The Morgan fingerprint density at radius 3 is 2.50 bits per heavy atom. The molecule has 0 spiro atoms. The molecule has 7 heteroatoms. The summed E-state index contributed by atoms with van der Waals surface area (Å²) in [6.45, 7) is 6.57. The predicted octanol–water partition coefficient (Wildman–Crippen LogP) is 2.45. The van der Waals surface area contributed by atoms with Crippen LogP contribution in [0.15, 0.2) is 53.5 Å². The van der Waals surface area contributed by atoms with Crippen LogP contribution in [0.2, 0.25) is 0 Å². The largest absolute Gasteiger partial charge is 0.497 e. The third-order valence-electron chi connectivity index (χ3n) is 5.27. The lowest BCUT2D eigenvalue weighted by Gasteiger charge is -2.36. The molecule has 0 bridgehead atoms. The summed E-state index contributed by atoms with van der Waals surface area (Å²) in [6.07, 6.45) is 2.17. The lowest BCUT2D eigenvalue weighted by atomic mass is 10.2. The second kappa shape index (κ2) is 11.3. The molecule has 162 valence electrons. The van der Waals surface area contributed by atoms with Gasteiger partial charge in [0.15, 0.2) is 5.96 Å². The van der Waals surface area contributed by atoms with Crippen molar-refractivity contribution in [3.63, 3.8) is 0 Å². The summed E-state index contributed by atoms with van der Waals surface area (Å²) < 4.78 is 11.2. The molecule has 0 aliphatic carbocycles. The average molecular weight is 412 g/mol. The van der Waals surface area contributed by atoms with Gasteiger partial charge in [0.2, 0.25) is 0 Å². The quantitative estimate of drug-likeness (QED) is 0.355. The number of aliphatic imine (C=N–C) groups is 1. The normalized spacial score (nSPS) is 14.4. The van der Waals surface area contributed by atoms with Crippen LogP contribution in [0.5, 0.6) is 11.5 Å². The molecule has 0 aromatic heterocycles. The first kappa shape index (κ1) is 21.8. The van der Waals surface area contributed by atoms with Crippen LogP contribution in [0.1, 0.15) is 18.4 Å². The molecule has 30 heavy (non-hydrogen) atoms. The van der Waals surface area contributed by atoms with Gasteiger partial charge in [-0.3, -0.25) is 4.90 Å². The molecule has 4 N–H and O–H groups in total. The number of rotatable bonds is 10. The van der Waals surface area contributed by atoms with E-state index in [0.717, 1.165) is 69.2 Å². The van der Waals surface area contributed by atoms with Crippen molar-refractivity contribution in [2.75, 3.05) is 51.3 Å². The van der Waals surface area contributed by atoms with Gasteiger partial charge in [0.1, 0.15) is 11.5 Å². The Balaban J connectivity index is 1.32. The van der Waals surface area contributed by atoms with Gasteiger partial charge in [-0.05, 0) is 49.2 Å². The van der Waals surface area contributed by atoms with Gasteiger partial charge in [0, 0.05) is 37.9 Å². The molecule has 1 heterocycles. The number of guanidine groups is 1. The molecule has 1 saturated heterocycles. The first-order valence-electron chi connectivity index (χ1n) is 10.5. The standard InChI is InChI=1S/C23H33N5O2/c1-29-21-8-5-7-20(17-21)28-13-11-27(12-14-28)10-2-3-15-30-22-9-4-6-19(16-22)18-26-23(24)25/h4-9,16-17H,2-3,10-15,18H2,1H3,(H4,24,25,26). The van der Waals surface area contributed by atoms with Crippen LogP contribution in [0.3, 0.4) is 0 Å². The van der Waals surface area contributed by atoms with Crippen molar-refractivity contribution in [1.29, 1.82) is 0 Å². The Kier molecular flexibility index (Phi) is 8.20. The van der Waals surface area contributed by atoms with E-state index in [9.17, 15) is 0 Å². The van der Waals surface area contributed by atoms with E-state index in [1.54, 1.807) is 7.11 Å². The van der Waals surface area contributed by atoms with Crippen LogP contribution in [-0.4, -0.2) is 57.3 Å². The number of piperazine rings is 1. The van der Waals surface area contributed by atoms with Gasteiger partial charge >= 0.3 is 0 Å². The highest BCUT2D eigenvalue weighted by Crippen LogP contribution is 2.22. The fourth-order valence-electron chi connectivity index (χ4n) is 3.58. The maximum absolute atomic E-state index is 5.89. The first-order chi connectivity index (χ1) is 14.6. The second-order valence-electron chi connectivity index (χ2n) is 7.47. The second-order valence-corrected chi connectivity index (χ2v) is 7.47. The van der Waals surface area contributed by atoms with Gasteiger partial charge < -0.3 is 25.8 Å². The summed E-state index contributed by atoms with van der Waals surface area (Å²) in [7, 11) is 1.71. The number of ether oxygens (including phenoxy) is 2. The van der Waals surface area contributed by atoms with E-state index in [1.165, 1.54) is 5.69 Å². The van der Waals surface area contributed by atoms with Crippen molar-refractivity contribution in [2.24, 2.45) is 16.5 Å². The van der Waals surface area contributed by atoms with Crippen molar-refractivity contribution in [2.45, 2.75) is 19.4 Å². The highest BCUT2D eigenvalue weighted by molar-refractivity contribution is 5.75. The highest BCUT2D eigenvalue weighted by atomic mass is 16.5. The molecule has 2 aromatic carbocycles. The summed E-state index contributed by atoms with van der Waals surface area (Å²) in [5.74, 6) is 1.88. The van der Waals surface area contributed by atoms with Crippen molar-refractivity contribution in [3.05, 3.63) is 54.1 Å². The molecule has 0 unspecified atom stereocenters. The lowest BCUT2D eigenvalue weighted by molar-refractivity contribution is 0.238. The molecule has 2 aromatic rings. The summed E-state index contributed by atoms with van der Waals surface area (Å²) in [5, 5.41) is 0. The maximum Gasteiger partial charge on any atom is 0.186 e. The third-order valence-corrected chi connectivity index (χ3v) is 5.27. The van der Waals surface area contributed by atoms with E-state index < -0.39 is 0 Å². The topological polar surface area (TPSA) is 89.3 Å². The molecule has 1 aliphatic rings. The molecular formula is C23H33N5O2. The molecule has 3 rings (SSSR count). The molecule has 1 aliphatic heterocycles. The molecular weight excluding hydrogens is 378 g/mol. The Morgan fingerprint density at radius 1 is 0.967 bits per heavy atom. The van der Waals surface area contributed by atoms with E-state index in [1.807, 2.05) is 30.3 Å². The Labute approximate surface area is 179 Å². The van der Waals surface area contributed by atoms with Crippen LogP contribution in [-0.2, 0) is 6.54 Å². The van der Waals surface area contributed by atoms with E-state index in [-0.39, 0.29) is 5.96 Å². The molecule has 0 atom stereocenters. The van der Waals surface area contributed by atoms with Crippen molar-refractivity contribution in [1.82, 2.24) is 4.90 Å². The van der Waals surface area contributed by atoms with Gasteiger partial charge in [-0.2, -0.15) is 0 Å². The smallest absolute Gasteiger partial charge is 0.186 e. The van der Waals surface area contributed by atoms with Crippen LogP contribution in [0.4, 0.5) is 5.69 Å². The number of hydrogen-bond acceptors (Lipinski definition) is 5. The van der Waals surface area contributed by atoms with E-state index in [2.05, 4.69) is 33.0 Å². The van der Waals surface area contributed by atoms with E-state index in [4.69, 9.17) is 20.9 Å². The average Bonchev–Trinajstić information content (AvgIpc) is 2.78. The highest BCUT2D eigenvalue weighted by Gasteiger charge is 2.17. The SMILES string of the molecule is COc1cccc(N2CCN(CCCCOc3cccc(CN=C(N)N)c3)CC2)c1. The zero-order valence-electron chi connectivity index (χ0n) is 17.8. The zero-order valence-corrected chi connectivity index (χ0v) is 17.8. The number of nitrogens with zero attached hydrogens (tertiary/aromatic N) is 3. The minimum atomic E-state index is 0.102. The number of anilines is 1. The minimum absolute atomic E-state index is 0.102. The van der Waals surface area contributed by atoms with Crippen LogP contribution < -0.4 is 25.8 Å². The van der Waals surface area contributed by atoms with E-state index in [0.29, 0.717) is 6.54 Å².